The number of benzene rings is 1. The quantitative estimate of drug-likeness (QED) is 0.613. The van der Waals surface area contributed by atoms with Gasteiger partial charge in [0.15, 0.2) is 0 Å². The fourth-order valence-electron chi connectivity index (χ4n) is 2.25. The predicted molar refractivity (Wildman–Crippen MR) is 94.0 cm³/mol. The molecule has 4 nitrogen and oxygen atoms in total. The van der Waals surface area contributed by atoms with Crippen molar-refractivity contribution in [2.24, 2.45) is 0 Å². The van der Waals surface area contributed by atoms with Crippen LogP contribution in [-0.2, 0) is 6.54 Å². The first-order valence-corrected chi connectivity index (χ1v) is 8.70. The minimum Gasteiger partial charge on any atom is -0.338 e. The first-order chi connectivity index (χ1) is 11.0. The van der Waals surface area contributed by atoms with Gasteiger partial charge in [0.25, 0.3) is 0 Å². The average molecular weight is 368 g/mol. The zero-order chi connectivity index (χ0) is 16.4. The molecule has 3 aromatic rings. The largest absolute Gasteiger partial charge is 0.338 e. The van der Waals surface area contributed by atoms with Gasteiger partial charge in [-0.2, -0.15) is 4.98 Å². The Hall–Kier alpha value is -1.40. The second kappa shape index (κ2) is 7.01. The molecule has 2 aromatic heterocycles. The summed E-state index contributed by atoms with van der Waals surface area (Å²) in [6, 6.07) is 9.57. The smallest absolute Gasteiger partial charge is 0.241 e. The second-order valence-electron chi connectivity index (χ2n) is 5.25. The van der Waals surface area contributed by atoms with Gasteiger partial charge in [-0.1, -0.05) is 40.5 Å². The lowest BCUT2D eigenvalue weighted by molar-refractivity contribution is 0.216. The molecule has 23 heavy (non-hydrogen) atoms. The van der Waals surface area contributed by atoms with Gasteiger partial charge in [-0.3, -0.25) is 4.90 Å². The molecule has 0 bridgehead atoms. The summed E-state index contributed by atoms with van der Waals surface area (Å²) in [6.07, 6.45) is 0. The molecule has 2 heterocycles. The number of hydrogen-bond donors (Lipinski definition) is 0. The normalized spacial score (nSPS) is 12.7. The molecule has 0 saturated heterocycles. The SMILES string of the molecule is CC(c1ccc(Cl)cc1Cl)N(C)Cc1nc(-c2cccs2)no1. The number of halogens is 2. The maximum absolute atomic E-state index is 6.28. The Labute approximate surface area is 148 Å². The molecule has 0 N–H and O–H groups in total. The van der Waals surface area contributed by atoms with E-state index >= 15 is 0 Å². The van der Waals surface area contributed by atoms with Gasteiger partial charge in [0.05, 0.1) is 11.4 Å². The molecule has 0 saturated carbocycles. The zero-order valence-electron chi connectivity index (χ0n) is 12.7. The molecule has 3 rings (SSSR count). The van der Waals surface area contributed by atoms with Gasteiger partial charge < -0.3 is 4.52 Å². The van der Waals surface area contributed by atoms with E-state index in [0.717, 1.165) is 10.4 Å². The summed E-state index contributed by atoms with van der Waals surface area (Å²) < 4.78 is 5.34. The van der Waals surface area contributed by atoms with Gasteiger partial charge in [-0.15, -0.1) is 11.3 Å². The highest BCUT2D eigenvalue weighted by atomic mass is 35.5. The van der Waals surface area contributed by atoms with E-state index in [1.54, 1.807) is 17.4 Å². The van der Waals surface area contributed by atoms with E-state index in [-0.39, 0.29) is 6.04 Å². The van der Waals surface area contributed by atoms with Crippen molar-refractivity contribution >= 4 is 34.5 Å². The van der Waals surface area contributed by atoms with Crippen LogP contribution in [0.1, 0.15) is 24.4 Å². The summed E-state index contributed by atoms with van der Waals surface area (Å²) in [4.78, 5) is 7.54. The molecule has 0 fully saturated rings. The van der Waals surface area contributed by atoms with E-state index in [2.05, 4.69) is 22.0 Å². The molecule has 1 atom stereocenters. The van der Waals surface area contributed by atoms with Gasteiger partial charge >= 0.3 is 0 Å². The van der Waals surface area contributed by atoms with Crippen molar-refractivity contribution in [1.82, 2.24) is 15.0 Å². The van der Waals surface area contributed by atoms with E-state index < -0.39 is 0 Å². The van der Waals surface area contributed by atoms with Crippen molar-refractivity contribution in [3.8, 4) is 10.7 Å². The highest BCUT2D eigenvalue weighted by Crippen LogP contribution is 2.30. The minimum absolute atomic E-state index is 0.0943. The van der Waals surface area contributed by atoms with Crippen molar-refractivity contribution < 1.29 is 4.52 Å². The van der Waals surface area contributed by atoms with Gasteiger partial charge in [0.2, 0.25) is 11.7 Å². The van der Waals surface area contributed by atoms with E-state index in [0.29, 0.717) is 28.3 Å². The molecule has 0 radical (unpaired) electrons. The van der Waals surface area contributed by atoms with Crippen LogP contribution in [0.15, 0.2) is 40.2 Å². The second-order valence-corrected chi connectivity index (χ2v) is 7.04. The molecule has 0 aliphatic heterocycles. The number of nitrogens with zero attached hydrogens (tertiary/aromatic N) is 3. The Kier molecular flexibility index (Phi) is 5.02. The summed E-state index contributed by atoms with van der Waals surface area (Å²) in [6.45, 7) is 2.62. The lowest BCUT2D eigenvalue weighted by Gasteiger charge is -2.24. The molecule has 1 unspecified atom stereocenters. The van der Waals surface area contributed by atoms with Crippen LogP contribution in [0.4, 0.5) is 0 Å². The van der Waals surface area contributed by atoms with Crippen LogP contribution in [-0.4, -0.2) is 22.1 Å². The first kappa shape index (κ1) is 16.5. The first-order valence-electron chi connectivity index (χ1n) is 7.06. The monoisotopic (exact) mass is 367 g/mol. The molecular weight excluding hydrogens is 353 g/mol. The summed E-state index contributed by atoms with van der Waals surface area (Å²) in [5.41, 5.74) is 1.01. The third-order valence-electron chi connectivity index (χ3n) is 3.67. The molecule has 0 spiro atoms. The topological polar surface area (TPSA) is 42.2 Å². The number of thiophene rings is 1. The fourth-order valence-corrected chi connectivity index (χ4v) is 3.47. The van der Waals surface area contributed by atoms with Crippen LogP contribution < -0.4 is 0 Å². The van der Waals surface area contributed by atoms with E-state index in [4.69, 9.17) is 27.7 Å². The average Bonchev–Trinajstić information content (AvgIpc) is 3.17. The minimum atomic E-state index is 0.0943. The molecule has 0 aliphatic carbocycles. The van der Waals surface area contributed by atoms with E-state index in [9.17, 15) is 0 Å². The molecule has 7 heteroatoms. The zero-order valence-corrected chi connectivity index (χ0v) is 15.0. The number of hydrogen-bond acceptors (Lipinski definition) is 5. The van der Waals surface area contributed by atoms with Crippen LogP contribution in [0.2, 0.25) is 10.0 Å². The maximum Gasteiger partial charge on any atom is 0.241 e. The standard InChI is InChI=1S/C16H15Cl2N3OS/c1-10(12-6-5-11(17)8-13(12)18)21(2)9-15-19-16(20-22-15)14-4-3-7-23-14/h3-8,10H,9H2,1-2H3. The van der Waals surface area contributed by atoms with Crippen molar-refractivity contribution in [1.29, 1.82) is 0 Å². The molecule has 120 valence electrons. The Balaban J connectivity index is 1.72. The van der Waals surface area contributed by atoms with Crippen LogP contribution in [0.25, 0.3) is 10.7 Å². The van der Waals surface area contributed by atoms with Crippen molar-refractivity contribution in [2.75, 3.05) is 7.05 Å². The molecular formula is C16H15Cl2N3OS. The Bertz CT molecular complexity index is 788. The predicted octanol–water partition coefficient (Wildman–Crippen LogP) is 5.30. The van der Waals surface area contributed by atoms with Gasteiger partial charge in [0, 0.05) is 16.1 Å². The lowest BCUT2D eigenvalue weighted by atomic mass is 10.1. The summed E-state index contributed by atoms with van der Waals surface area (Å²) in [7, 11) is 1.99. The number of rotatable bonds is 5. The Morgan fingerprint density at radius 3 is 2.83 bits per heavy atom. The highest BCUT2D eigenvalue weighted by molar-refractivity contribution is 7.13. The van der Waals surface area contributed by atoms with E-state index in [1.807, 2.05) is 36.7 Å². The summed E-state index contributed by atoms with van der Waals surface area (Å²) in [5, 5.41) is 7.30. The third kappa shape index (κ3) is 3.75. The highest BCUT2D eigenvalue weighted by Gasteiger charge is 2.18. The lowest BCUT2D eigenvalue weighted by Crippen LogP contribution is -2.22. The van der Waals surface area contributed by atoms with Crippen molar-refractivity contribution in [3.05, 3.63) is 57.2 Å². The van der Waals surface area contributed by atoms with Crippen LogP contribution in [0.5, 0.6) is 0 Å². The third-order valence-corrected chi connectivity index (χ3v) is 5.10. The van der Waals surface area contributed by atoms with Gasteiger partial charge in [-0.05, 0) is 43.1 Å². The molecule has 0 aliphatic rings. The molecule has 1 aromatic carbocycles. The van der Waals surface area contributed by atoms with Gasteiger partial charge in [-0.25, -0.2) is 0 Å². The maximum atomic E-state index is 6.28. The summed E-state index contributed by atoms with van der Waals surface area (Å²) >= 11 is 13.8. The Morgan fingerprint density at radius 2 is 2.13 bits per heavy atom. The van der Waals surface area contributed by atoms with Crippen LogP contribution in [0, 0.1) is 0 Å². The molecule has 0 amide bonds. The van der Waals surface area contributed by atoms with Crippen LogP contribution >= 0.6 is 34.5 Å². The van der Waals surface area contributed by atoms with Crippen molar-refractivity contribution in [3.63, 3.8) is 0 Å². The summed E-state index contributed by atoms with van der Waals surface area (Å²) in [5.74, 6) is 1.20. The van der Waals surface area contributed by atoms with Crippen molar-refractivity contribution in [2.45, 2.75) is 19.5 Å². The Morgan fingerprint density at radius 1 is 1.30 bits per heavy atom. The fraction of sp³-hybridized carbons (Fsp3) is 0.250. The van der Waals surface area contributed by atoms with Crippen LogP contribution in [0.3, 0.4) is 0 Å². The van der Waals surface area contributed by atoms with Gasteiger partial charge in [0.1, 0.15) is 0 Å². The number of aromatic nitrogens is 2. The van der Waals surface area contributed by atoms with E-state index in [1.165, 1.54) is 0 Å².